The van der Waals surface area contributed by atoms with Crippen molar-refractivity contribution in [2.45, 2.75) is 18.8 Å². The summed E-state index contributed by atoms with van der Waals surface area (Å²) in [6.45, 7) is 0. The number of carbonyl (C=O) groups excluding carboxylic acids is 2. The Morgan fingerprint density at radius 3 is 1.54 bits per heavy atom. The van der Waals surface area contributed by atoms with Gasteiger partial charge in [-0.05, 0) is 0 Å². The molecular formula is C8H16O4Sn. The summed E-state index contributed by atoms with van der Waals surface area (Å²) in [5.74, 6) is -0.436. The maximum atomic E-state index is 11.0. The van der Waals surface area contributed by atoms with Crippen molar-refractivity contribution in [3.05, 3.63) is 0 Å². The molecule has 0 radical (unpaired) electrons. The molecule has 5 heteroatoms. The van der Waals surface area contributed by atoms with Gasteiger partial charge in [0.2, 0.25) is 0 Å². The van der Waals surface area contributed by atoms with E-state index in [4.69, 9.17) is 0 Å². The molecule has 0 fully saturated rings. The van der Waals surface area contributed by atoms with Gasteiger partial charge in [-0.2, -0.15) is 0 Å². The van der Waals surface area contributed by atoms with Crippen molar-refractivity contribution in [2.75, 3.05) is 14.2 Å². The standard InChI is InChI=1S/2C3H5O2.2CH3.Sn/c2*1-3(4)5-2;;;/h2*1H2,2H3;2*1H3;. The van der Waals surface area contributed by atoms with E-state index in [9.17, 15) is 9.59 Å². The van der Waals surface area contributed by atoms with Crippen LogP contribution in [0.1, 0.15) is 0 Å². The summed E-state index contributed by atoms with van der Waals surface area (Å²) >= 11 is -2.55. The normalized spacial score (nSPS) is 10.8. The van der Waals surface area contributed by atoms with Crippen molar-refractivity contribution in [1.82, 2.24) is 0 Å². The predicted octanol–water partition coefficient (Wildman–Crippen LogP) is 1.04. The monoisotopic (exact) mass is 296 g/mol. The Hall–Kier alpha value is -0.261. The Bertz CT molecular complexity index is 180. The number of methoxy groups -OCH3 is 2. The number of hydrogen-bond donors (Lipinski definition) is 0. The molecule has 0 aromatic rings. The van der Waals surface area contributed by atoms with E-state index in [1.54, 1.807) is 0 Å². The molecule has 0 bridgehead atoms. The fraction of sp³-hybridized carbons (Fsp3) is 0.750. The van der Waals surface area contributed by atoms with Gasteiger partial charge in [-0.25, -0.2) is 0 Å². The van der Waals surface area contributed by atoms with E-state index in [1.807, 2.05) is 9.88 Å². The molecule has 0 aromatic carbocycles. The fourth-order valence-electron chi connectivity index (χ4n) is 0.988. The molecule has 76 valence electrons. The third-order valence-corrected chi connectivity index (χ3v) is 8.81. The molecule has 0 aromatic heterocycles. The van der Waals surface area contributed by atoms with E-state index >= 15 is 0 Å². The van der Waals surface area contributed by atoms with E-state index in [-0.39, 0.29) is 11.9 Å². The van der Waals surface area contributed by atoms with Crippen LogP contribution in [0.2, 0.25) is 18.8 Å². The Balaban J connectivity index is 4.07. The van der Waals surface area contributed by atoms with E-state index in [0.717, 1.165) is 0 Å². The zero-order valence-corrected chi connectivity index (χ0v) is 11.4. The van der Waals surface area contributed by atoms with Crippen LogP contribution in [0, 0.1) is 0 Å². The van der Waals surface area contributed by atoms with Crippen molar-refractivity contribution < 1.29 is 19.1 Å². The van der Waals surface area contributed by atoms with Crippen LogP contribution in [0.15, 0.2) is 0 Å². The van der Waals surface area contributed by atoms with Crippen LogP contribution in [0.3, 0.4) is 0 Å². The number of esters is 2. The molecule has 0 unspecified atom stereocenters. The molecule has 0 atom stereocenters. The van der Waals surface area contributed by atoms with Gasteiger partial charge in [-0.1, -0.05) is 0 Å². The summed E-state index contributed by atoms with van der Waals surface area (Å²) in [5.41, 5.74) is 0. The van der Waals surface area contributed by atoms with Gasteiger partial charge in [-0.15, -0.1) is 0 Å². The SMILES string of the molecule is COC(=O)[CH2][Sn]([CH3])([CH3])[CH2]C(=O)OC. The van der Waals surface area contributed by atoms with Crippen LogP contribution >= 0.6 is 0 Å². The zero-order valence-electron chi connectivity index (χ0n) is 8.55. The second kappa shape index (κ2) is 5.46. The van der Waals surface area contributed by atoms with Crippen molar-refractivity contribution in [3.8, 4) is 0 Å². The quantitative estimate of drug-likeness (QED) is 0.574. The van der Waals surface area contributed by atoms with Crippen LogP contribution in [0.4, 0.5) is 0 Å². The Morgan fingerprint density at radius 1 is 1.00 bits per heavy atom. The topological polar surface area (TPSA) is 52.6 Å². The van der Waals surface area contributed by atoms with Crippen molar-refractivity contribution in [1.29, 1.82) is 0 Å². The molecule has 0 aliphatic rings. The first kappa shape index (κ1) is 12.7. The summed E-state index contributed by atoms with van der Waals surface area (Å²) in [6, 6.07) is 0. The van der Waals surface area contributed by atoms with Crippen LogP contribution in [0.5, 0.6) is 0 Å². The third-order valence-electron chi connectivity index (χ3n) is 1.70. The second-order valence-corrected chi connectivity index (χ2v) is 18.0. The van der Waals surface area contributed by atoms with Gasteiger partial charge < -0.3 is 0 Å². The number of rotatable bonds is 4. The summed E-state index contributed by atoms with van der Waals surface area (Å²) in [5, 5.41) is 0. The molecule has 0 heterocycles. The predicted molar refractivity (Wildman–Crippen MR) is 51.1 cm³/mol. The van der Waals surface area contributed by atoms with Gasteiger partial charge >= 0.3 is 82.4 Å². The first-order chi connectivity index (χ1) is 5.91. The summed E-state index contributed by atoms with van der Waals surface area (Å²) < 4.78 is 9.99. The van der Waals surface area contributed by atoms with E-state index in [0.29, 0.717) is 8.87 Å². The Morgan fingerprint density at radius 2 is 1.31 bits per heavy atom. The minimum absolute atomic E-state index is 0.218. The van der Waals surface area contributed by atoms with Gasteiger partial charge in [-0.3, -0.25) is 0 Å². The summed E-state index contributed by atoms with van der Waals surface area (Å²) in [6.07, 6.45) is 0. The molecule has 0 rings (SSSR count). The summed E-state index contributed by atoms with van der Waals surface area (Å²) in [7, 11) is 2.73. The maximum absolute atomic E-state index is 11.0. The number of carbonyl (C=O) groups is 2. The average molecular weight is 295 g/mol. The molecule has 0 aliphatic heterocycles. The molecule has 0 spiro atoms. The Labute approximate surface area is 82.5 Å². The van der Waals surface area contributed by atoms with E-state index in [1.165, 1.54) is 14.2 Å². The van der Waals surface area contributed by atoms with E-state index in [2.05, 4.69) is 9.47 Å². The molecule has 0 aliphatic carbocycles. The molecule has 0 amide bonds. The molecule has 4 nitrogen and oxygen atoms in total. The van der Waals surface area contributed by atoms with Crippen LogP contribution in [-0.2, 0) is 19.1 Å². The average Bonchev–Trinajstić information content (AvgIpc) is 2.02. The third kappa shape index (κ3) is 5.90. The fourth-order valence-corrected chi connectivity index (χ4v) is 6.63. The van der Waals surface area contributed by atoms with Crippen LogP contribution < -0.4 is 0 Å². The van der Waals surface area contributed by atoms with Crippen molar-refractivity contribution in [2.24, 2.45) is 0 Å². The van der Waals surface area contributed by atoms with Crippen LogP contribution in [-0.4, -0.2) is 44.5 Å². The molecule has 0 N–H and O–H groups in total. The molecule has 13 heavy (non-hydrogen) atoms. The summed E-state index contributed by atoms with van der Waals surface area (Å²) in [4.78, 5) is 26.0. The van der Waals surface area contributed by atoms with Gasteiger partial charge in [0.15, 0.2) is 0 Å². The molecular weight excluding hydrogens is 279 g/mol. The Kier molecular flexibility index (Phi) is 5.36. The second-order valence-electron chi connectivity index (χ2n) is 3.67. The van der Waals surface area contributed by atoms with Gasteiger partial charge in [0, 0.05) is 0 Å². The minimum atomic E-state index is -2.55. The van der Waals surface area contributed by atoms with Gasteiger partial charge in [0.05, 0.1) is 0 Å². The zero-order chi connectivity index (χ0) is 10.5. The van der Waals surface area contributed by atoms with Gasteiger partial charge in [0.1, 0.15) is 0 Å². The number of ether oxygens (including phenoxy) is 2. The first-order valence-electron chi connectivity index (χ1n) is 4.05. The van der Waals surface area contributed by atoms with Crippen LogP contribution in [0.25, 0.3) is 0 Å². The molecule has 0 saturated carbocycles. The van der Waals surface area contributed by atoms with Crippen molar-refractivity contribution >= 4 is 30.3 Å². The number of hydrogen-bond acceptors (Lipinski definition) is 4. The van der Waals surface area contributed by atoms with Gasteiger partial charge in [0.25, 0.3) is 0 Å². The molecule has 0 saturated heterocycles. The first-order valence-corrected chi connectivity index (χ1v) is 13.8. The van der Waals surface area contributed by atoms with Crippen molar-refractivity contribution in [3.63, 3.8) is 0 Å². The van der Waals surface area contributed by atoms with E-state index < -0.39 is 18.4 Å².